The third-order valence-electron chi connectivity index (χ3n) is 4.89. The van der Waals surface area contributed by atoms with E-state index in [0.29, 0.717) is 0 Å². The first-order valence-electron chi connectivity index (χ1n) is 9.17. The van der Waals surface area contributed by atoms with Crippen LogP contribution in [-0.4, -0.2) is 36.0 Å². The molecule has 2 N–H and O–H groups in total. The van der Waals surface area contributed by atoms with Gasteiger partial charge >= 0.3 is 18.2 Å². The van der Waals surface area contributed by atoms with Crippen LogP contribution in [0.1, 0.15) is 36.3 Å². The van der Waals surface area contributed by atoms with Crippen LogP contribution in [0.2, 0.25) is 0 Å². The second-order valence-electron chi connectivity index (χ2n) is 6.87. The number of benzene rings is 2. The maximum atomic E-state index is 12.2. The first kappa shape index (κ1) is 20.7. The Balaban J connectivity index is 1.61. The van der Waals surface area contributed by atoms with Crippen molar-refractivity contribution in [2.24, 2.45) is 0 Å². The molecule has 0 unspecified atom stereocenters. The number of nitrogens with one attached hydrogen (secondary N) is 1. The summed E-state index contributed by atoms with van der Waals surface area (Å²) in [5.41, 5.74) is 4.10. The van der Waals surface area contributed by atoms with Crippen molar-refractivity contribution in [2.75, 3.05) is 6.61 Å². The zero-order chi connectivity index (χ0) is 21.0. The summed E-state index contributed by atoms with van der Waals surface area (Å²) >= 11 is 0. The number of hydrogen-bond donors (Lipinski definition) is 2. The number of ether oxygens (including phenoxy) is 1. The highest BCUT2D eigenvalue weighted by Crippen LogP contribution is 2.44. The van der Waals surface area contributed by atoms with Crippen molar-refractivity contribution in [1.29, 1.82) is 0 Å². The maximum Gasteiger partial charge on any atom is 0.407 e. The smallest absolute Gasteiger partial charge is 0.407 e. The van der Waals surface area contributed by atoms with E-state index in [4.69, 9.17) is 9.84 Å². The van der Waals surface area contributed by atoms with Crippen LogP contribution in [0.4, 0.5) is 18.0 Å². The van der Waals surface area contributed by atoms with Gasteiger partial charge < -0.3 is 15.2 Å². The summed E-state index contributed by atoms with van der Waals surface area (Å²) in [6, 6.07) is 14.0. The number of alkyl halides is 3. The van der Waals surface area contributed by atoms with E-state index < -0.39 is 37.1 Å². The molecule has 1 atom stereocenters. The molecule has 0 fully saturated rings. The number of carbonyl (C=O) groups excluding carboxylic acids is 1. The molecular formula is C21H20F3NO4. The van der Waals surface area contributed by atoms with Gasteiger partial charge in [0.15, 0.2) is 0 Å². The molecule has 2 aromatic rings. The quantitative estimate of drug-likeness (QED) is 0.697. The topological polar surface area (TPSA) is 75.6 Å². The monoisotopic (exact) mass is 407 g/mol. The van der Waals surface area contributed by atoms with Gasteiger partial charge in [-0.3, -0.25) is 0 Å². The summed E-state index contributed by atoms with van der Waals surface area (Å²) in [7, 11) is 0. The predicted octanol–water partition coefficient (Wildman–Crippen LogP) is 4.71. The number of hydrogen-bond acceptors (Lipinski definition) is 3. The number of alkyl carbamates (subject to hydrolysis) is 1. The van der Waals surface area contributed by atoms with Crippen LogP contribution in [0.15, 0.2) is 48.5 Å². The van der Waals surface area contributed by atoms with E-state index in [-0.39, 0.29) is 18.9 Å². The van der Waals surface area contributed by atoms with E-state index in [1.165, 1.54) is 0 Å². The fourth-order valence-electron chi connectivity index (χ4n) is 3.55. The summed E-state index contributed by atoms with van der Waals surface area (Å²) in [5.74, 6) is -1.60. The highest BCUT2D eigenvalue weighted by Gasteiger charge is 2.31. The summed E-state index contributed by atoms with van der Waals surface area (Å²) in [6.07, 6.45) is -7.18. The number of rotatable bonds is 7. The molecule has 0 saturated heterocycles. The minimum Gasteiger partial charge on any atom is -0.480 e. The summed E-state index contributed by atoms with van der Waals surface area (Å²) in [4.78, 5) is 23.3. The van der Waals surface area contributed by atoms with E-state index in [0.717, 1.165) is 22.3 Å². The summed E-state index contributed by atoms with van der Waals surface area (Å²) < 4.78 is 42.0. The fourth-order valence-corrected chi connectivity index (χ4v) is 3.55. The van der Waals surface area contributed by atoms with Crippen molar-refractivity contribution in [3.8, 4) is 11.1 Å². The minimum absolute atomic E-state index is 0.00521. The molecule has 1 aliphatic rings. The second kappa shape index (κ2) is 8.55. The molecule has 0 aliphatic heterocycles. The lowest BCUT2D eigenvalue weighted by Gasteiger charge is -2.17. The highest BCUT2D eigenvalue weighted by atomic mass is 19.4. The molecule has 2 aromatic carbocycles. The van der Waals surface area contributed by atoms with E-state index in [1.54, 1.807) is 0 Å². The van der Waals surface area contributed by atoms with Crippen molar-refractivity contribution in [3.05, 3.63) is 59.7 Å². The van der Waals surface area contributed by atoms with Crippen LogP contribution in [-0.2, 0) is 9.53 Å². The van der Waals surface area contributed by atoms with Crippen molar-refractivity contribution < 1.29 is 32.6 Å². The van der Waals surface area contributed by atoms with Crippen LogP contribution in [0.25, 0.3) is 11.1 Å². The van der Waals surface area contributed by atoms with Gasteiger partial charge in [-0.25, -0.2) is 9.59 Å². The number of carboxylic acid groups (broad SMARTS) is 1. The number of halogens is 3. The fraction of sp³-hybridized carbons (Fsp3) is 0.333. The average Bonchev–Trinajstić information content (AvgIpc) is 2.98. The van der Waals surface area contributed by atoms with Gasteiger partial charge in [-0.15, -0.1) is 0 Å². The normalized spacial score (nSPS) is 14.0. The van der Waals surface area contributed by atoms with Gasteiger partial charge in [0.25, 0.3) is 0 Å². The van der Waals surface area contributed by atoms with Gasteiger partial charge in [-0.05, 0) is 35.1 Å². The molecule has 0 spiro atoms. The average molecular weight is 407 g/mol. The van der Waals surface area contributed by atoms with E-state index in [2.05, 4.69) is 5.32 Å². The lowest BCUT2D eigenvalue weighted by atomic mass is 9.98. The van der Waals surface area contributed by atoms with Gasteiger partial charge in [0, 0.05) is 12.3 Å². The van der Waals surface area contributed by atoms with Crippen LogP contribution in [0.5, 0.6) is 0 Å². The zero-order valence-electron chi connectivity index (χ0n) is 15.4. The molecule has 0 aromatic heterocycles. The minimum atomic E-state index is -4.37. The number of fused-ring (bicyclic) bond motifs is 3. The second-order valence-corrected chi connectivity index (χ2v) is 6.87. The Bertz CT molecular complexity index is 852. The first-order valence-corrected chi connectivity index (χ1v) is 9.17. The Labute approximate surface area is 165 Å². The number of amides is 1. The van der Waals surface area contributed by atoms with Crippen molar-refractivity contribution in [3.63, 3.8) is 0 Å². The predicted molar refractivity (Wildman–Crippen MR) is 99.5 cm³/mol. The molecular weight excluding hydrogens is 387 g/mol. The van der Waals surface area contributed by atoms with Gasteiger partial charge in [0.2, 0.25) is 0 Å². The largest absolute Gasteiger partial charge is 0.480 e. The van der Waals surface area contributed by atoms with Crippen LogP contribution in [0.3, 0.4) is 0 Å². The third-order valence-corrected chi connectivity index (χ3v) is 4.89. The Morgan fingerprint density at radius 2 is 1.59 bits per heavy atom. The van der Waals surface area contributed by atoms with Crippen LogP contribution in [0, 0.1) is 0 Å². The Kier molecular flexibility index (Phi) is 6.10. The van der Waals surface area contributed by atoms with E-state index in [9.17, 15) is 22.8 Å². The third kappa shape index (κ3) is 5.07. The molecule has 29 heavy (non-hydrogen) atoms. The molecule has 0 bridgehead atoms. The number of aliphatic carboxylic acids is 1. The number of carbonyl (C=O) groups is 2. The molecule has 0 heterocycles. The zero-order valence-corrected chi connectivity index (χ0v) is 15.4. The van der Waals surface area contributed by atoms with Gasteiger partial charge in [-0.1, -0.05) is 48.5 Å². The van der Waals surface area contributed by atoms with E-state index >= 15 is 0 Å². The van der Waals surface area contributed by atoms with Crippen molar-refractivity contribution >= 4 is 12.1 Å². The molecule has 5 nitrogen and oxygen atoms in total. The lowest BCUT2D eigenvalue weighted by molar-refractivity contribution is -0.143. The van der Waals surface area contributed by atoms with E-state index in [1.807, 2.05) is 48.5 Å². The van der Waals surface area contributed by atoms with Gasteiger partial charge in [-0.2, -0.15) is 13.2 Å². The van der Waals surface area contributed by atoms with Crippen molar-refractivity contribution in [1.82, 2.24) is 5.32 Å². The standard InChI is InChI=1S/C21H20F3NO4/c22-21(23,24)11-5-10-18(19(26)27)25-20(28)29-12-17-15-8-3-1-6-13(15)14-7-2-4-9-16(14)17/h1-4,6-9,17-18H,5,10-12H2,(H,25,28)(H,26,27)/t18-/m1/s1. The van der Waals surface area contributed by atoms with Crippen LogP contribution < -0.4 is 5.32 Å². The molecule has 154 valence electrons. The molecule has 0 radical (unpaired) electrons. The molecule has 8 heteroatoms. The SMILES string of the molecule is O=C(N[C@H](CCCC(F)(F)F)C(=O)O)OCC1c2ccccc2-c2ccccc21. The molecule has 0 saturated carbocycles. The molecule has 1 aliphatic carbocycles. The molecule has 3 rings (SSSR count). The van der Waals surface area contributed by atoms with Gasteiger partial charge in [0.05, 0.1) is 0 Å². The van der Waals surface area contributed by atoms with Gasteiger partial charge in [0.1, 0.15) is 12.6 Å². The Hall–Kier alpha value is -3.03. The first-order chi connectivity index (χ1) is 13.8. The van der Waals surface area contributed by atoms with Crippen molar-refractivity contribution in [2.45, 2.75) is 37.4 Å². The maximum absolute atomic E-state index is 12.2. The summed E-state index contributed by atoms with van der Waals surface area (Å²) in [5, 5.41) is 11.3. The lowest BCUT2D eigenvalue weighted by Crippen LogP contribution is -2.41. The number of carboxylic acids is 1. The Morgan fingerprint density at radius 1 is 1.03 bits per heavy atom. The van der Waals surface area contributed by atoms with Crippen LogP contribution >= 0.6 is 0 Å². The molecule has 1 amide bonds. The summed E-state index contributed by atoms with van der Waals surface area (Å²) in [6.45, 7) is -0.00521. The Morgan fingerprint density at radius 3 is 2.10 bits per heavy atom. The highest BCUT2D eigenvalue weighted by molar-refractivity contribution is 5.81.